The predicted molar refractivity (Wildman–Crippen MR) is 56.9 cm³/mol. The Morgan fingerprint density at radius 3 is 2.50 bits per heavy atom. The second-order valence-electron chi connectivity index (χ2n) is 3.96. The van der Waals surface area contributed by atoms with Crippen LogP contribution >= 0.6 is 0 Å². The number of hydrogen-bond donors (Lipinski definition) is 4. The van der Waals surface area contributed by atoms with E-state index in [1.165, 1.54) is 0 Å². The SMILES string of the molecule is N[C@H]1C=C[C@@H](COOC(=O)[C@@H](O)[C@H](O)C(=O)O)C1. The molecule has 0 aliphatic heterocycles. The summed E-state index contributed by atoms with van der Waals surface area (Å²) in [4.78, 5) is 30.1. The van der Waals surface area contributed by atoms with Crippen LogP contribution in [0.25, 0.3) is 0 Å². The highest BCUT2D eigenvalue weighted by atomic mass is 17.2. The van der Waals surface area contributed by atoms with Gasteiger partial charge < -0.3 is 21.1 Å². The first-order chi connectivity index (χ1) is 8.41. The zero-order chi connectivity index (χ0) is 13.7. The lowest BCUT2D eigenvalue weighted by atomic mass is 10.1. The Hall–Kier alpha value is -1.48. The molecule has 0 unspecified atom stereocenters. The summed E-state index contributed by atoms with van der Waals surface area (Å²) in [6, 6.07) is -0.0614. The first-order valence-electron chi connectivity index (χ1n) is 5.28. The summed E-state index contributed by atoms with van der Waals surface area (Å²) in [5.41, 5.74) is 5.59. The Bertz CT molecular complexity index is 343. The number of aliphatic carboxylic acids is 1. The normalized spacial score (nSPS) is 25.7. The predicted octanol–water partition coefficient (Wildman–Crippen LogP) is -1.83. The number of nitrogens with two attached hydrogens (primary N) is 1. The number of hydrogen-bond acceptors (Lipinski definition) is 7. The molecule has 0 amide bonds. The molecule has 0 aromatic carbocycles. The first kappa shape index (κ1) is 14.6. The fourth-order valence-corrected chi connectivity index (χ4v) is 1.42. The lowest BCUT2D eigenvalue weighted by Crippen LogP contribution is -2.40. The topological polar surface area (TPSA) is 139 Å². The van der Waals surface area contributed by atoms with E-state index in [0.29, 0.717) is 6.42 Å². The highest BCUT2D eigenvalue weighted by Gasteiger charge is 2.32. The highest BCUT2D eigenvalue weighted by Crippen LogP contribution is 2.16. The van der Waals surface area contributed by atoms with Crippen LogP contribution in [0.15, 0.2) is 12.2 Å². The number of carboxylic acids is 1. The van der Waals surface area contributed by atoms with Gasteiger partial charge in [0.15, 0.2) is 12.2 Å². The van der Waals surface area contributed by atoms with E-state index in [0.717, 1.165) is 0 Å². The lowest BCUT2D eigenvalue weighted by Gasteiger charge is -2.13. The summed E-state index contributed by atoms with van der Waals surface area (Å²) >= 11 is 0. The summed E-state index contributed by atoms with van der Waals surface area (Å²) in [5.74, 6) is -3.10. The quantitative estimate of drug-likeness (QED) is 0.249. The molecule has 0 saturated carbocycles. The van der Waals surface area contributed by atoms with Gasteiger partial charge in [0.2, 0.25) is 0 Å². The smallest absolute Gasteiger partial charge is 0.373 e. The van der Waals surface area contributed by atoms with Crippen molar-refractivity contribution in [3.8, 4) is 0 Å². The first-order valence-corrected chi connectivity index (χ1v) is 5.28. The van der Waals surface area contributed by atoms with E-state index < -0.39 is 24.1 Å². The van der Waals surface area contributed by atoms with Gasteiger partial charge in [0.25, 0.3) is 0 Å². The molecule has 0 aromatic rings. The van der Waals surface area contributed by atoms with Crippen molar-refractivity contribution in [2.24, 2.45) is 11.7 Å². The van der Waals surface area contributed by atoms with Crippen LogP contribution in [0.3, 0.4) is 0 Å². The van der Waals surface area contributed by atoms with Gasteiger partial charge in [-0.15, -0.1) is 0 Å². The maximum atomic E-state index is 11.1. The fraction of sp³-hybridized carbons (Fsp3) is 0.600. The van der Waals surface area contributed by atoms with Crippen molar-refractivity contribution in [1.29, 1.82) is 0 Å². The third kappa shape index (κ3) is 4.08. The Labute approximate surface area is 103 Å². The van der Waals surface area contributed by atoms with Crippen molar-refractivity contribution in [3.05, 3.63) is 12.2 Å². The number of carboxylic acid groups (broad SMARTS) is 1. The molecule has 8 nitrogen and oxygen atoms in total. The Kier molecular flexibility index (Phi) is 5.23. The molecule has 4 atom stereocenters. The van der Waals surface area contributed by atoms with Crippen LogP contribution in [0.4, 0.5) is 0 Å². The molecule has 8 heteroatoms. The van der Waals surface area contributed by atoms with E-state index in [1.54, 1.807) is 12.2 Å². The van der Waals surface area contributed by atoms with Gasteiger partial charge in [-0.2, -0.15) is 4.89 Å². The molecule has 0 bridgehead atoms. The maximum absolute atomic E-state index is 11.1. The third-order valence-electron chi connectivity index (χ3n) is 2.42. The van der Waals surface area contributed by atoms with Gasteiger partial charge in [0, 0.05) is 12.0 Å². The molecule has 102 valence electrons. The maximum Gasteiger partial charge on any atom is 0.373 e. The van der Waals surface area contributed by atoms with Crippen LogP contribution in [0.5, 0.6) is 0 Å². The summed E-state index contributed by atoms with van der Waals surface area (Å²) < 4.78 is 0. The summed E-state index contributed by atoms with van der Waals surface area (Å²) in [7, 11) is 0. The second kappa shape index (κ2) is 6.45. The lowest BCUT2D eigenvalue weighted by molar-refractivity contribution is -0.284. The van der Waals surface area contributed by atoms with Crippen LogP contribution in [-0.4, -0.2) is 52.1 Å². The number of rotatable bonds is 6. The minimum absolute atomic E-state index is 0.00524. The fourth-order valence-electron chi connectivity index (χ4n) is 1.42. The zero-order valence-corrected chi connectivity index (χ0v) is 9.43. The number of aliphatic hydroxyl groups excluding tert-OH is 2. The van der Waals surface area contributed by atoms with E-state index in [9.17, 15) is 9.59 Å². The largest absolute Gasteiger partial charge is 0.479 e. The number of aliphatic hydroxyl groups is 2. The van der Waals surface area contributed by atoms with Gasteiger partial charge in [0.1, 0.15) is 6.61 Å². The monoisotopic (exact) mass is 261 g/mol. The summed E-state index contributed by atoms with van der Waals surface area (Å²) in [6.45, 7) is 0.0474. The Morgan fingerprint density at radius 1 is 1.33 bits per heavy atom. The Morgan fingerprint density at radius 2 is 2.00 bits per heavy atom. The van der Waals surface area contributed by atoms with Gasteiger partial charge >= 0.3 is 11.9 Å². The van der Waals surface area contributed by atoms with Gasteiger partial charge in [-0.25, -0.2) is 9.59 Å². The Balaban J connectivity index is 2.25. The van der Waals surface area contributed by atoms with Crippen LogP contribution < -0.4 is 5.73 Å². The van der Waals surface area contributed by atoms with Gasteiger partial charge in [-0.1, -0.05) is 12.2 Å². The molecule has 0 fully saturated rings. The molecule has 5 N–H and O–H groups in total. The molecule has 1 aliphatic carbocycles. The molecule has 1 rings (SSSR count). The standard InChI is InChI=1S/C10H15NO7/c11-6-2-1-5(3-6)4-17-18-10(16)8(13)7(12)9(14)15/h1-2,5-8,12-13H,3-4,11H2,(H,14,15)/t5-,6+,7+,8+/m1/s1. The van der Waals surface area contributed by atoms with Crippen LogP contribution in [0.2, 0.25) is 0 Å². The molecule has 1 aliphatic rings. The number of carbonyl (C=O) groups excluding carboxylic acids is 1. The zero-order valence-electron chi connectivity index (χ0n) is 9.43. The van der Waals surface area contributed by atoms with E-state index in [1.807, 2.05) is 0 Å². The average Bonchev–Trinajstić information content (AvgIpc) is 2.72. The molecular weight excluding hydrogens is 246 g/mol. The van der Waals surface area contributed by atoms with E-state index >= 15 is 0 Å². The molecule has 0 saturated heterocycles. The molecule has 18 heavy (non-hydrogen) atoms. The molecule has 0 heterocycles. The van der Waals surface area contributed by atoms with E-state index in [4.69, 9.17) is 21.1 Å². The minimum atomic E-state index is -2.25. The van der Waals surface area contributed by atoms with Gasteiger partial charge in [-0.3, -0.25) is 4.89 Å². The van der Waals surface area contributed by atoms with E-state index in [2.05, 4.69) is 9.78 Å². The molecule has 0 aromatic heterocycles. The average molecular weight is 261 g/mol. The van der Waals surface area contributed by atoms with Crippen molar-refractivity contribution in [2.75, 3.05) is 6.61 Å². The van der Waals surface area contributed by atoms with Crippen LogP contribution in [0, 0.1) is 5.92 Å². The third-order valence-corrected chi connectivity index (χ3v) is 2.42. The summed E-state index contributed by atoms with van der Waals surface area (Å²) in [6.07, 6.45) is -0.192. The van der Waals surface area contributed by atoms with Crippen molar-refractivity contribution in [1.82, 2.24) is 0 Å². The molecule has 0 spiro atoms. The van der Waals surface area contributed by atoms with Crippen molar-refractivity contribution in [2.45, 2.75) is 24.7 Å². The molecular formula is C10H15NO7. The van der Waals surface area contributed by atoms with Gasteiger partial charge in [0.05, 0.1) is 0 Å². The van der Waals surface area contributed by atoms with Crippen molar-refractivity contribution >= 4 is 11.9 Å². The summed E-state index contributed by atoms with van der Waals surface area (Å²) in [5, 5.41) is 26.3. The van der Waals surface area contributed by atoms with Crippen LogP contribution in [0.1, 0.15) is 6.42 Å². The van der Waals surface area contributed by atoms with Crippen molar-refractivity contribution < 1.29 is 34.7 Å². The van der Waals surface area contributed by atoms with Gasteiger partial charge in [-0.05, 0) is 6.42 Å². The number of carbonyl (C=O) groups is 2. The second-order valence-corrected chi connectivity index (χ2v) is 3.96. The minimum Gasteiger partial charge on any atom is -0.479 e. The van der Waals surface area contributed by atoms with Crippen molar-refractivity contribution in [3.63, 3.8) is 0 Å². The highest BCUT2D eigenvalue weighted by molar-refractivity contribution is 5.83. The van der Waals surface area contributed by atoms with Crippen LogP contribution in [-0.2, 0) is 19.4 Å². The molecule has 0 radical (unpaired) electrons. The van der Waals surface area contributed by atoms with E-state index in [-0.39, 0.29) is 18.6 Å².